The number of anilines is 1. The van der Waals surface area contributed by atoms with Gasteiger partial charge >= 0.3 is 12.1 Å². The highest BCUT2D eigenvalue weighted by atomic mass is 35.5. The Balaban J connectivity index is 1.56. The van der Waals surface area contributed by atoms with E-state index in [0.29, 0.717) is 18.5 Å². The van der Waals surface area contributed by atoms with Crippen molar-refractivity contribution in [3.63, 3.8) is 0 Å². The number of esters is 1. The molecule has 0 saturated carbocycles. The van der Waals surface area contributed by atoms with Crippen LogP contribution in [-0.2, 0) is 11.0 Å². The van der Waals surface area contributed by atoms with E-state index in [0.717, 1.165) is 29.9 Å². The summed E-state index contributed by atoms with van der Waals surface area (Å²) in [7, 11) is 0. The number of fused-ring (bicyclic) bond motifs is 1. The van der Waals surface area contributed by atoms with Gasteiger partial charge in [0.25, 0.3) is 5.91 Å². The fraction of sp³-hybridized carbons (Fsp3) is 0.250. The van der Waals surface area contributed by atoms with E-state index in [2.05, 4.69) is 15.6 Å². The van der Waals surface area contributed by atoms with E-state index in [9.17, 15) is 22.8 Å². The molecule has 162 valence electrons. The molecule has 1 aromatic heterocycles. The summed E-state index contributed by atoms with van der Waals surface area (Å²) in [5.41, 5.74) is -0.474. The van der Waals surface area contributed by atoms with Crippen molar-refractivity contribution < 1.29 is 27.5 Å². The molecule has 0 radical (unpaired) electrons. The van der Waals surface area contributed by atoms with E-state index >= 15 is 0 Å². The Morgan fingerprint density at radius 3 is 2.74 bits per heavy atom. The molecule has 0 aliphatic carbocycles. The zero-order valence-electron chi connectivity index (χ0n) is 15.8. The zero-order chi connectivity index (χ0) is 22.2. The third-order valence-corrected chi connectivity index (χ3v) is 5.85. The lowest BCUT2D eigenvalue weighted by Gasteiger charge is -2.13. The van der Waals surface area contributed by atoms with Gasteiger partial charge in [0.15, 0.2) is 5.13 Å². The van der Waals surface area contributed by atoms with Crippen molar-refractivity contribution in [2.45, 2.75) is 25.1 Å². The fourth-order valence-electron chi connectivity index (χ4n) is 3.15. The first-order chi connectivity index (χ1) is 14.7. The molecular weight excluding hydrogens is 455 g/mol. The molecule has 1 unspecified atom stereocenters. The highest BCUT2D eigenvalue weighted by Crippen LogP contribution is 2.34. The summed E-state index contributed by atoms with van der Waals surface area (Å²) in [4.78, 5) is 29.3. The van der Waals surface area contributed by atoms with E-state index in [1.54, 1.807) is 0 Å². The fourth-order valence-corrected chi connectivity index (χ4v) is 4.23. The number of hydrogen-bond acceptors (Lipinski definition) is 6. The number of amides is 1. The van der Waals surface area contributed by atoms with E-state index in [1.165, 1.54) is 24.3 Å². The summed E-state index contributed by atoms with van der Waals surface area (Å²) < 4.78 is 44.4. The summed E-state index contributed by atoms with van der Waals surface area (Å²) in [6.07, 6.45) is -2.99. The Hall–Kier alpha value is -2.69. The van der Waals surface area contributed by atoms with Crippen molar-refractivity contribution in [3.8, 4) is 5.75 Å². The minimum atomic E-state index is -4.48. The Labute approximate surface area is 183 Å². The average molecular weight is 470 g/mol. The van der Waals surface area contributed by atoms with Crippen LogP contribution in [0.15, 0.2) is 36.4 Å². The van der Waals surface area contributed by atoms with Gasteiger partial charge < -0.3 is 10.1 Å². The van der Waals surface area contributed by atoms with Crippen LogP contribution in [-0.4, -0.2) is 29.4 Å². The summed E-state index contributed by atoms with van der Waals surface area (Å²) in [6.45, 7) is 0.710. The topological polar surface area (TPSA) is 80.3 Å². The molecule has 1 aliphatic heterocycles. The number of carbonyl (C=O) groups is 2. The molecule has 1 atom stereocenters. The Morgan fingerprint density at radius 2 is 2.03 bits per heavy atom. The maximum absolute atomic E-state index is 12.9. The molecule has 4 rings (SSSR count). The first kappa shape index (κ1) is 21.5. The van der Waals surface area contributed by atoms with Crippen LogP contribution in [0.3, 0.4) is 0 Å². The minimum absolute atomic E-state index is 0.00841. The molecule has 1 fully saturated rings. The van der Waals surface area contributed by atoms with Crippen LogP contribution in [0.4, 0.5) is 18.3 Å². The SMILES string of the molecule is O=C(Nc1nc2ccc(C(F)(F)F)cc2s1)c1cc(Cl)ccc1OC(=O)C1CCCN1. The van der Waals surface area contributed by atoms with Crippen LogP contribution in [0.1, 0.15) is 28.8 Å². The van der Waals surface area contributed by atoms with Gasteiger partial charge in [-0.25, -0.2) is 9.78 Å². The number of halogens is 4. The number of alkyl halides is 3. The van der Waals surface area contributed by atoms with Gasteiger partial charge in [0.05, 0.1) is 21.3 Å². The maximum atomic E-state index is 12.9. The first-order valence-corrected chi connectivity index (χ1v) is 10.4. The summed E-state index contributed by atoms with van der Waals surface area (Å²) in [5.74, 6) is -1.13. The molecule has 1 saturated heterocycles. The molecule has 2 heterocycles. The number of thiazole rings is 1. The average Bonchev–Trinajstić information content (AvgIpc) is 3.37. The maximum Gasteiger partial charge on any atom is 0.416 e. The second-order valence-electron chi connectivity index (χ2n) is 6.86. The number of carbonyl (C=O) groups excluding carboxylic acids is 2. The van der Waals surface area contributed by atoms with Gasteiger partial charge in [-0.3, -0.25) is 10.1 Å². The lowest BCUT2D eigenvalue weighted by Crippen LogP contribution is -2.34. The number of rotatable bonds is 4. The number of nitrogens with one attached hydrogen (secondary N) is 2. The van der Waals surface area contributed by atoms with Gasteiger partial charge in [-0.05, 0) is 55.8 Å². The first-order valence-electron chi connectivity index (χ1n) is 9.24. The van der Waals surface area contributed by atoms with Gasteiger partial charge in [0.2, 0.25) is 0 Å². The molecule has 3 aromatic rings. The molecule has 1 amide bonds. The molecule has 1 aliphatic rings. The molecule has 31 heavy (non-hydrogen) atoms. The largest absolute Gasteiger partial charge is 0.425 e. The summed E-state index contributed by atoms with van der Waals surface area (Å²) in [6, 6.07) is 6.95. The van der Waals surface area contributed by atoms with Crippen LogP contribution < -0.4 is 15.4 Å². The Morgan fingerprint density at radius 1 is 1.23 bits per heavy atom. The van der Waals surface area contributed by atoms with E-state index < -0.39 is 29.7 Å². The van der Waals surface area contributed by atoms with E-state index in [1.807, 2.05) is 0 Å². The van der Waals surface area contributed by atoms with Gasteiger partial charge in [-0.2, -0.15) is 13.2 Å². The predicted octanol–water partition coefficient (Wildman–Crippen LogP) is 4.88. The van der Waals surface area contributed by atoms with Crippen LogP contribution in [0.2, 0.25) is 5.02 Å². The highest BCUT2D eigenvalue weighted by molar-refractivity contribution is 7.22. The van der Waals surface area contributed by atoms with Crippen molar-refractivity contribution in [2.75, 3.05) is 11.9 Å². The van der Waals surface area contributed by atoms with Crippen LogP contribution >= 0.6 is 22.9 Å². The third-order valence-electron chi connectivity index (χ3n) is 4.68. The van der Waals surface area contributed by atoms with Crippen molar-refractivity contribution >= 4 is 50.2 Å². The summed E-state index contributed by atoms with van der Waals surface area (Å²) in [5, 5.41) is 5.91. The number of aromatic nitrogens is 1. The second kappa shape index (κ2) is 8.45. The third kappa shape index (κ3) is 4.81. The molecule has 0 bridgehead atoms. The van der Waals surface area contributed by atoms with Crippen molar-refractivity contribution in [1.82, 2.24) is 10.3 Å². The lowest BCUT2D eigenvalue weighted by atomic mass is 10.2. The normalized spacial score (nSPS) is 16.5. The number of hydrogen-bond donors (Lipinski definition) is 2. The number of nitrogens with zero attached hydrogens (tertiary/aromatic N) is 1. The van der Waals surface area contributed by atoms with Crippen molar-refractivity contribution in [2.24, 2.45) is 0 Å². The van der Waals surface area contributed by atoms with Gasteiger partial charge in [0.1, 0.15) is 11.8 Å². The predicted molar refractivity (Wildman–Crippen MR) is 111 cm³/mol. The molecule has 11 heteroatoms. The molecular formula is C20H15ClF3N3O3S. The number of benzene rings is 2. The monoisotopic (exact) mass is 469 g/mol. The van der Waals surface area contributed by atoms with Crippen LogP contribution in [0, 0.1) is 0 Å². The molecule has 0 spiro atoms. The minimum Gasteiger partial charge on any atom is -0.425 e. The Bertz CT molecular complexity index is 1160. The van der Waals surface area contributed by atoms with E-state index in [4.69, 9.17) is 16.3 Å². The zero-order valence-corrected chi connectivity index (χ0v) is 17.3. The standard InChI is InChI=1S/C20H15ClF3N3O3S/c21-11-4-6-15(30-18(29)14-2-1-7-25-14)12(9-11)17(28)27-19-26-13-5-3-10(20(22,23)24)8-16(13)31-19/h3-6,8-9,14,25H,1-2,7H2,(H,26,27,28). The smallest absolute Gasteiger partial charge is 0.416 e. The number of ether oxygens (including phenoxy) is 1. The van der Waals surface area contributed by atoms with Crippen LogP contribution in [0.5, 0.6) is 5.75 Å². The van der Waals surface area contributed by atoms with Gasteiger partial charge in [-0.1, -0.05) is 22.9 Å². The van der Waals surface area contributed by atoms with Crippen molar-refractivity contribution in [3.05, 3.63) is 52.5 Å². The summed E-state index contributed by atoms with van der Waals surface area (Å²) >= 11 is 6.90. The molecule has 2 N–H and O–H groups in total. The lowest BCUT2D eigenvalue weighted by molar-refractivity contribution is -0.137. The van der Waals surface area contributed by atoms with Crippen molar-refractivity contribution in [1.29, 1.82) is 0 Å². The van der Waals surface area contributed by atoms with E-state index in [-0.39, 0.29) is 26.2 Å². The second-order valence-corrected chi connectivity index (χ2v) is 8.33. The Kier molecular flexibility index (Phi) is 5.87. The molecule has 2 aromatic carbocycles. The van der Waals surface area contributed by atoms with Gasteiger partial charge in [0, 0.05) is 5.02 Å². The quantitative estimate of drug-likeness (QED) is 0.420. The highest BCUT2D eigenvalue weighted by Gasteiger charge is 2.31. The molecule has 6 nitrogen and oxygen atoms in total. The van der Waals surface area contributed by atoms with Crippen LogP contribution in [0.25, 0.3) is 10.2 Å². The van der Waals surface area contributed by atoms with Gasteiger partial charge in [-0.15, -0.1) is 0 Å².